The van der Waals surface area contributed by atoms with Gasteiger partial charge in [-0.2, -0.15) is 0 Å². The van der Waals surface area contributed by atoms with Crippen LogP contribution in [0.5, 0.6) is 0 Å². The second kappa shape index (κ2) is 24.4. The van der Waals surface area contributed by atoms with E-state index in [0.717, 1.165) is 103 Å². The molecule has 0 saturated carbocycles. The quantitative estimate of drug-likeness (QED) is 0.0980. The second-order valence-electron chi connectivity index (χ2n) is 13.7. The van der Waals surface area contributed by atoms with Gasteiger partial charge in [-0.05, 0) is 140 Å². The fourth-order valence-corrected chi connectivity index (χ4v) is 6.54. The normalized spacial score (nSPS) is 9.52. The van der Waals surface area contributed by atoms with Crippen molar-refractivity contribution in [2.24, 2.45) is 0 Å². The third-order valence-corrected chi connectivity index (χ3v) is 9.74. The van der Waals surface area contributed by atoms with Crippen LogP contribution in [-0.2, 0) is 0 Å². The van der Waals surface area contributed by atoms with E-state index in [1.807, 2.05) is 109 Å². The zero-order chi connectivity index (χ0) is 39.7. The van der Waals surface area contributed by atoms with Gasteiger partial charge in [0.2, 0.25) is 0 Å². The van der Waals surface area contributed by atoms with E-state index in [2.05, 4.69) is 36.4 Å². The molecule has 8 rings (SSSR count). The Morgan fingerprint density at radius 2 is 0.365 bits per heavy atom. The van der Waals surface area contributed by atoms with Gasteiger partial charge in [0.25, 0.3) is 0 Å². The summed E-state index contributed by atoms with van der Waals surface area (Å²) in [5.41, 5.74) is 34.5. The minimum Gasteiger partial charge on any atom is -0.399 e. The van der Waals surface area contributed by atoms with E-state index in [1.165, 1.54) is 0 Å². The summed E-state index contributed by atoms with van der Waals surface area (Å²) in [6, 6.07) is 59.0. The standard InChI is InChI=1S/C27H18O3.C24H21N3.6CH4/c28-16-19-1-7-22(8-2-19)25-13-26(23-9-3-20(17-29)4-10-23)15-27(14-25)24-11-5-21(18-30)6-12-24;25-22-7-1-16(2-8-22)19-13-20(17-3-9-23(26)10-4-17)15-21(14-19)18-5-11-24(27)12-6-18;;;;;;/h1-18H;1-15H,25-27H2;6*1H4. The molecule has 6 heteroatoms. The number of hydrogen-bond acceptors (Lipinski definition) is 6. The Hall–Kier alpha value is -7.83. The first-order chi connectivity index (χ1) is 27.8. The van der Waals surface area contributed by atoms with Gasteiger partial charge in [0.1, 0.15) is 18.9 Å². The lowest BCUT2D eigenvalue weighted by molar-refractivity contribution is 0.111. The molecule has 8 aromatic carbocycles. The highest BCUT2D eigenvalue weighted by molar-refractivity contribution is 5.85. The van der Waals surface area contributed by atoms with Gasteiger partial charge in [-0.1, -0.05) is 154 Å². The smallest absolute Gasteiger partial charge is 0.150 e. The number of aldehydes is 3. The Labute approximate surface area is 376 Å². The van der Waals surface area contributed by atoms with Crippen LogP contribution in [0.4, 0.5) is 17.1 Å². The molecule has 0 amide bonds. The number of anilines is 3. The van der Waals surface area contributed by atoms with Crippen molar-refractivity contribution in [3.63, 3.8) is 0 Å². The molecule has 324 valence electrons. The van der Waals surface area contributed by atoms with E-state index >= 15 is 0 Å². The van der Waals surface area contributed by atoms with E-state index in [4.69, 9.17) is 17.2 Å². The van der Waals surface area contributed by atoms with Gasteiger partial charge < -0.3 is 17.2 Å². The van der Waals surface area contributed by atoms with Gasteiger partial charge in [0.15, 0.2) is 0 Å². The summed E-state index contributed by atoms with van der Waals surface area (Å²) in [6.45, 7) is 0. The molecular formula is C57H63N3O3. The SMILES string of the molecule is C.C.C.C.C.C.Nc1ccc(-c2cc(-c3ccc(N)cc3)cc(-c3ccc(N)cc3)c2)cc1.O=Cc1ccc(-c2cc(-c3ccc(C=O)cc3)cc(-c3ccc(C=O)cc3)c2)cc1. The average molecular weight is 838 g/mol. The zero-order valence-electron chi connectivity index (χ0n) is 31.0. The lowest BCUT2D eigenvalue weighted by Crippen LogP contribution is -1.89. The Bertz CT molecular complexity index is 2330. The molecule has 0 fully saturated rings. The first kappa shape index (κ1) is 53.2. The molecule has 0 saturated heterocycles. The van der Waals surface area contributed by atoms with Crippen LogP contribution >= 0.6 is 0 Å². The number of nitrogens with two attached hydrogens (primary N) is 3. The van der Waals surface area contributed by atoms with Crippen molar-refractivity contribution in [2.45, 2.75) is 44.6 Å². The van der Waals surface area contributed by atoms with Crippen LogP contribution < -0.4 is 17.2 Å². The number of rotatable bonds is 9. The van der Waals surface area contributed by atoms with Crippen molar-refractivity contribution in [1.29, 1.82) is 0 Å². The van der Waals surface area contributed by atoms with Gasteiger partial charge in [0, 0.05) is 33.8 Å². The molecule has 8 aromatic rings. The minimum absolute atomic E-state index is 0. The monoisotopic (exact) mass is 837 g/mol. The first-order valence-electron chi connectivity index (χ1n) is 18.3. The number of nitrogen functional groups attached to an aromatic ring is 3. The lowest BCUT2D eigenvalue weighted by atomic mass is 9.92. The average Bonchev–Trinajstić information content (AvgIpc) is 3.27. The Morgan fingerprint density at radius 1 is 0.222 bits per heavy atom. The highest BCUT2D eigenvalue weighted by Gasteiger charge is 2.10. The summed E-state index contributed by atoms with van der Waals surface area (Å²) in [4.78, 5) is 33.0. The van der Waals surface area contributed by atoms with Crippen LogP contribution in [0, 0.1) is 0 Å². The number of hydrogen-bond donors (Lipinski definition) is 3. The van der Waals surface area contributed by atoms with Crippen LogP contribution in [0.25, 0.3) is 66.8 Å². The number of benzene rings is 8. The summed E-state index contributed by atoms with van der Waals surface area (Å²) in [5, 5.41) is 0. The zero-order valence-corrected chi connectivity index (χ0v) is 31.0. The Balaban J connectivity index is 0.000000577. The maximum absolute atomic E-state index is 11.0. The topological polar surface area (TPSA) is 129 Å². The molecule has 0 aliphatic rings. The van der Waals surface area contributed by atoms with Crippen molar-refractivity contribution in [3.8, 4) is 66.8 Å². The molecule has 0 aliphatic carbocycles. The molecule has 0 unspecified atom stereocenters. The molecule has 0 spiro atoms. The van der Waals surface area contributed by atoms with Gasteiger partial charge in [-0.3, -0.25) is 14.4 Å². The van der Waals surface area contributed by atoms with Gasteiger partial charge >= 0.3 is 0 Å². The van der Waals surface area contributed by atoms with Crippen LogP contribution in [-0.4, -0.2) is 18.9 Å². The summed E-state index contributed by atoms with van der Waals surface area (Å²) in [7, 11) is 0. The number of carbonyl (C=O) groups is 3. The Kier molecular flexibility index (Phi) is 20.6. The first-order valence-corrected chi connectivity index (χ1v) is 18.3. The minimum atomic E-state index is 0. The van der Waals surface area contributed by atoms with E-state index in [9.17, 15) is 14.4 Å². The maximum Gasteiger partial charge on any atom is 0.150 e. The van der Waals surface area contributed by atoms with Crippen molar-refractivity contribution >= 4 is 35.9 Å². The van der Waals surface area contributed by atoms with Crippen LogP contribution in [0.2, 0.25) is 0 Å². The molecular weight excluding hydrogens is 775 g/mol. The fraction of sp³-hybridized carbons (Fsp3) is 0.105. The fourth-order valence-electron chi connectivity index (χ4n) is 6.54. The molecule has 0 atom stereocenters. The van der Waals surface area contributed by atoms with Crippen molar-refractivity contribution in [1.82, 2.24) is 0 Å². The van der Waals surface area contributed by atoms with Crippen LogP contribution in [0.1, 0.15) is 75.6 Å². The molecule has 6 nitrogen and oxygen atoms in total. The molecule has 63 heavy (non-hydrogen) atoms. The van der Waals surface area contributed by atoms with Crippen molar-refractivity contribution < 1.29 is 14.4 Å². The van der Waals surface area contributed by atoms with Crippen molar-refractivity contribution in [2.75, 3.05) is 17.2 Å². The highest BCUT2D eigenvalue weighted by atomic mass is 16.1. The van der Waals surface area contributed by atoms with E-state index in [0.29, 0.717) is 16.7 Å². The third kappa shape index (κ3) is 13.1. The molecule has 0 aliphatic heterocycles. The Morgan fingerprint density at radius 3 is 0.508 bits per heavy atom. The number of carbonyl (C=O) groups excluding carboxylic acids is 3. The predicted octanol–water partition coefficient (Wildman–Crippen LogP) is 15.4. The summed E-state index contributed by atoms with van der Waals surface area (Å²) < 4.78 is 0. The van der Waals surface area contributed by atoms with Gasteiger partial charge in [-0.25, -0.2) is 0 Å². The molecule has 0 radical (unpaired) electrons. The van der Waals surface area contributed by atoms with Gasteiger partial charge in [-0.15, -0.1) is 0 Å². The highest BCUT2D eigenvalue weighted by Crippen LogP contribution is 2.35. The van der Waals surface area contributed by atoms with E-state index in [1.54, 1.807) is 36.4 Å². The molecule has 0 heterocycles. The molecule has 0 aromatic heterocycles. The lowest BCUT2D eigenvalue weighted by Gasteiger charge is -2.12. The summed E-state index contributed by atoms with van der Waals surface area (Å²) >= 11 is 0. The van der Waals surface area contributed by atoms with E-state index in [-0.39, 0.29) is 44.6 Å². The third-order valence-electron chi connectivity index (χ3n) is 9.74. The maximum atomic E-state index is 11.0. The van der Waals surface area contributed by atoms with Crippen LogP contribution in [0.15, 0.2) is 182 Å². The largest absolute Gasteiger partial charge is 0.399 e. The van der Waals surface area contributed by atoms with Crippen LogP contribution in [0.3, 0.4) is 0 Å². The molecule has 6 N–H and O–H groups in total. The predicted molar refractivity (Wildman–Crippen MR) is 275 cm³/mol. The van der Waals surface area contributed by atoms with Crippen molar-refractivity contribution in [3.05, 3.63) is 199 Å². The summed E-state index contributed by atoms with van der Waals surface area (Å²) in [5.74, 6) is 0. The van der Waals surface area contributed by atoms with Gasteiger partial charge in [0.05, 0.1) is 0 Å². The summed E-state index contributed by atoms with van der Waals surface area (Å²) in [6.07, 6.45) is 2.48. The second-order valence-corrected chi connectivity index (χ2v) is 13.7. The van der Waals surface area contributed by atoms with E-state index < -0.39 is 0 Å². The molecule has 0 bridgehead atoms.